The quantitative estimate of drug-likeness (QED) is 0.513. The van der Waals surface area contributed by atoms with Crippen LogP contribution in [0.1, 0.15) is 52.2 Å². The van der Waals surface area contributed by atoms with Crippen LogP contribution in [0.4, 0.5) is 0 Å². The number of benzene rings is 2. The maximum Gasteiger partial charge on any atom is 0.256 e. The highest BCUT2D eigenvalue weighted by molar-refractivity contribution is 6.33. The molecule has 6 heteroatoms. The Morgan fingerprint density at radius 2 is 1.68 bits per heavy atom. The number of halogens is 1. The predicted octanol–water partition coefficient (Wildman–Crippen LogP) is 4.97. The Morgan fingerprint density at radius 3 is 2.32 bits per heavy atom. The van der Waals surface area contributed by atoms with E-state index >= 15 is 0 Å². The van der Waals surface area contributed by atoms with E-state index in [1.165, 1.54) is 11.1 Å². The van der Waals surface area contributed by atoms with Crippen LogP contribution in [-0.2, 0) is 19.6 Å². The van der Waals surface area contributed by atoms with Crippen molar-refractivity contribution in [3.63, 3.8) is 0 Å². The number of amides is 1. The molecule has 0 unspecified atom stereocenters. The van der Waals surface area contributed by atoms with E-state index in [2.05, 4.69) is 72.5 Å². The average molecular weight is 439 g/mol. The summed E-state index contributed by atoms with van der Waals surface area (Å²) in [4.78, 5) is 15.3. The molecule has 0 aliphatic carbocycles. The van der Waals surface area contributed by atoms with Crippen LogP contribution in [0.3, 0.4) is 0 Å². The summed E-state index contributed by atoms with van der Waals surface area (Å²) in [5.41, 5.74) is 5.70. The highest BCUT2D eigenvalue weighted by Gasteiger charge is 2.20. The van der Waals surface area contributed by atoms with Gasteiger partial charge in [0.1, 0.15) is 5.15 Å². The molecule has 0 atom stereocenters. The fourth-order valence-corrected chi connectivity index (χ4v) is 3.94. The molecule has 0 saturated heterocycles. The summed E-state index contributed by atoms with van der Waals surface area (Å²) in [6.07, 6.45) is 0. The Balaban J connectivity index is 1.72. The molecular formula is C25H31ClN4O. The summed E-state index contributed by atoms with van der Waals surface area (Å²) in [5, 5.41) is 7.90. The Kier molecular flexibility index (Phi) is 7.88. The van der Waals surface area contributed by atoms with Gasteiger partial charge >= 0.3 is 0 Å². The Morgan fingerprint density at radius 1 is 1.03 bits per heavy atom. The van der Waals surface area contributed by atoms with Crippen LogP contribution < -0.4 is 5.32 Å². The number of aromatic nitrogens is 2. The number of hydrogen-bond acceptors (Lipinski definition) is 3. The molecule has 0 aliphatic heterocycles. The minimum Gasteiger partial charge on any atom is -0.348 e. The summed E-state index contributed by atoms with van der Waals surface area (Å²) in [5.74, 6) is -0.199. The Labute approximate surface area is 190 Å². The lowest BCUT2D eigenvalue weighted by Crippen LogP contribution is -2.26. The molecule has 3 aromatic rings. The van der Waals surface area contributed by atoms with E-state index in [-0.39, 0.29) is 5.91 Å². The number of rotatable bonds is 9. The minimum absolute atomic E-state index is 0.199. The van der Waals surface area contributed by atoms with Crippen LogP contribution in [0.5, 0.6) is 0 Å². The van der Waals surface area contributed by atoms with Gasteiger partial charge in [0, 0.05) is 13.1 Å². The van der Waals surface area contributed by atoms with Crippen LogP contribution in [0, 0.1) is 13.8 Å². The molecule has 1 N–H and O–H groups in total. The molecule has 1 heterocycles. The summed E-state index contributed by atoms with van der Waals surface area (Å²) < 4.78 is 1.69. The molecule has 31 heavy (non-hydrogen) atoms. The van der Waals surface area contributed by atoms with Crippen molar-refractivity contribution in [3.8, 4) is 0 Å². The first-order chi connectivity index (χ1) is 14.9. The van der Waals surface area contributed by atoms with Crippen molar-refractivity contribution in [2.24, 2.45) is 0 Å². The van der Waals surface area contributed by atoms with Crippen molar-refractivity contribution in [2.75, 3.05) is 13.1 Å². The summed E-state index contributed by atoms with van der Waals surface area (Å²) in [6.45, 7) is 12.0. The van der Waals surface area contributed by atoms with Crippen molar-refractivity contribution in [1.29, 1.82) is 0 Å². The van der Waals surface area contributed by atoms with Crippen LogP contribution in [0.2, 0.25) is 5.15 Å². The highest BCUT2D eigenvalue weighted by atomic mass is 35.5. The zero-order valence-electron chi connectivity index (χ0n) is 18.8. The molecule has 0 saturated carbocycles. The standard InChI is InChI=1S/C25H31ClN4O/c1-5-29(6-2)17-22-10-8-7-9-21(22)15-27-25(31)23-19(4)28-30(24(23)26)16-20-13-11-18(3)12-14-20/h7-14H,5-6,15-17H2,1-4H3,(H,27,31). The van der Waals surface area contributed by atoms with E-state index in [1.807, 2.05) is 19.1 Å². The summed E-state index contributed by atoms with van der Waals surface area (Å²) >= 11 is 6.56. The van der Waals surface area contributed by atoms with Crippen LogP contribution in [0.15, 0.2) is 48.5 Å². The SMILES string of the molecule is CCN(CC)Cc1ccccc1CNC(=O)c1c(C)nn(Cc2ccc(C)cc2)c1Cl. The van der Waals surface area contributed by atoms with Gasteiger partial charge < -0.3 is 5.32 Å². The third kappa shape index (κ3) is 5.75. The van der Waals surface area contributed by atoms with Gasteiger partial charge in [-0.15, -0.1) is 0 Å². The zero-order valence-corrected chi connectivity index (χ0v) is 19.5. The third-order valence-corrected chi connectivity index (χ3v) is 5.98. The smallest absolute Gasteiger partial charge is 0.256 e. The van der Waals surface area contributed by atoms with Crippen LogP contribution in [0.25, 0.3) is 0 Å². The summed E-state index contributed by atoms with van der Waals surface area (Å²) in [7, 11) is 0. The first-order valence-electron chi connectivity index (χ1n) is 10.8. The Hall–Kier alpha value is -2.63. The molecule has 0 aliphatic rings. The molecule has 1 amide bonds. The van der Waals surface area contributed by atoms with Crippen LogP contribution >= 0.6 is 11.6 Å². The number of aryl methyl sites for hydroxylation is 2. The summed E-state index contributed by atoms with van der Waals surface area (Å²) in [6, 6.07) is 16.5. The predicted molar refractivity (Wildman–Crippen MR) is 126 cm³/mol. The monoisotopic (exact) mass is 438 g/mol. The molecule has 2 aromatic carbocycles. The van der Waals surface area contributed by atoms with Crippen molar-refractivity contribution in [2.45, 2.75) is 47.3 Å². The van der Waals surface area contributed by atoms with Crippen molar-refractivity contribution in [1.82, 2.24) is 20.0 Å². The molecular weight excluding hydrogens is 408 g/mol. The van der Waals surface area contributed by atoms with Gasteiger partial charge in [-0.25, -0.2) is 4.68 Å². The molecule has 0 radical (unpaired) electrons. The lowest BCUT2D eigenvalue weighted by Gasteiger charge is -2.20. The van der Waals surface area contributed by atoms with Crippen molar-refractivity contribution in [3.05, 3.63) is 87.2 Å². The molecule has 1 aromatic heterocycles. The van der Waals surface area contributed by atoms with E-state index in [4.69, 9.17) is 11.6 Å². The first-order valence-corrected chi connectivity index (χ1v) is 11.2. The van der Waals surface area contributed by atoms with Gasteiger partial charge in [-0.2, -0.15) is 5.10 Å². The average Bonchev–Trinajstić information content (AvgIpc) is 3.05. The molecule has 3 rings (SSSR count). The van der Waals surface area contributed by atoms with Gasteiger partial charge in [0.25, 0.3) is 5.91 Å². The second kappa shape index (κ2) is 10.6. The molecule has 5 nitrogen and oxygen atoms in total. The van der Waals surface area contributed by atoms with Crippen LogP contribution in [-0.4, -0.2) is 33.7 Å². The Bertz CT molecular complexity index is 1020. The fourth-order valence-electron chi connectivity index (χ4n) is 3.62. The lowest BCUT2D eigenvalue weighted by atomic mass is 10.1. The normalized spacial score (nSPS) is 11.2. The van der Waals surface area contributed by atoms with Crippen molar-refractivity contribution < 1.29 is 4.79 Å². The van der Waals surface area contributed by atoms with Gasteiger partial charge in [-0.05, 0) is 43.6 Å². The van der Waals surface area contributed by atoms with Crippen molar-refractivity contribution >= 4 is 17.5 Å². The van der Waals surface area contributed by atoms with E-state index in [0.29, 0.717) is 29.5 Å². The number of hydrogen-bond donors (Lipinski definition) is 1. The molecule has 0 fully saturated rings. The maximum atomic E-state index is 13.0. The molecule has 0 bridgehead atoms. The van der Waals surface area contributed by atoms with E-state index in [0.717, 1.165) is 30.8 Å². The van der Waals surface area contributed by atoms with E-state index in [9.17, 15) is 4.79 Å². The zero-order chi connectivity index (χ0) is 22.4. The van der Waals surface area contributed by atoms with Gasteiger partial charge in [-0.3, -0.25) is 9.69 Å². The number of carbonyl (C=O) groups is 1. The topological polar surface area (TPSA) is 50.2 Å². The maximum absolute atomic E-state index is 13.0. The van der Waals surface area contributed by atoms with Gasteiger partial charge in [-0.1, -0.05) is 79.5 Å². The molecule has 0 spiro atoms. The second-order valence-corrected chi connectivity index (χ2v) is 8.17. The number of nitrogens with zero attached hydrogens (tertiary/aromatic N) is 3. The van der Waals surface area contributed by atoms with Gasteiger partial charge in [0.2, 0.25) is 0 Å². The van der Waals surface area contributed by atoms with Gasteiger partial charge in [0.05, 0.1) is 17.8 Å². The highest BCUT2D eigenvalue weighted by Crippen LogP contribution is 2.21. The molecule has 164 valence electrons. The van der Waals surface area contributed by atoms with E-state index in [1.54, 1.807) is 4.68 Å². The third-order valence-electron chi connectivity index (χ3n) is 5.59. The van der Waals surface area contributed by atoms with E-state index < -0.39 is 0 Å². The largest absolute Gasteiger partial charge is 0.348 e. The minimum atomic E-state index is -0.199. The number of carbonyl (C=O) groups excluding carboxylic acids is 1. The second-order valence-electron chi connectivity index (χ2n) is 7.81. The number of nitrogens with one attached hydrogen (secondary N) is 1. The lowest BCUT2D eigenvalue weighted by molar-refractivity contribution is 0.0950. The van der Waals surface area contributed by atoms with Gasteiger partial charge in [0.15, 0.2) is 0 Å². The fraction of sp³-hybridized carbons (Fsp3) is 0.360. The first kappa shape index (κ1) is 23.0.